The SMILES string of the molecule is COc1ccc(CC(=O)OCN2C(=O)c3ccccc3C2=O)c(OC)c1. The summed E-state index contributed by atoms with van der Waals surface area (Å²) in [5.74, 6) is -0.432. The zero-order valence-corrected chi connectivity index (χ0v) is 14.4. The van der Waals surface area contributed by atoms with Gasteiger partial charge in [0.2, 0.25) is 0 Å². The van der Waals surface area contributed by atoms with Crippen LogP contribution in [0.4, 0.5) is 0 Å². The third kappa shape index (κ3) is 3.23. The number of hydrogen-bond donors (Lipinski definition) is 0. The first kappa shape index (κ1) is 17.5. The fourth-order valence-electron chi connectivity index (χ4n) is 2.70. The minimum atomic E-state index is -0.579. The normalized spacial score (nSPS) is 12.8. The zero-order chi connectivity index (χ0) is 18.7. The van der Waals surface area contributed by atoms with E-state index in [1.807, 2.05) is 0 Å². The molecule has 0 spiro atoms. The van der Waals surface area contributed by atoms with Gasteiger partial charge in [0.25, 0.3) is 11.8 Å². The van der Waals surface area contributed by atoms with E-state index in [9.17, 15) is 14.4 Å². The number of rotatable bonds is 6. The first-order chi connectivity index (χ1) is 12.5. The average molecular weight is 355 g/mol. The Bertz CT molecular complexity index is 841. The Morgan fingerprint density at radius 1 is 0.962 bits per heavy atom. The molecule has 1 aliphatic rings. The molecule has 0 aliphatic carbocycles. The molecule has 0 radical (unpaired) electrons. The van der Waals surface area contributed by atoms with Crippen LogP contribution >= 0.6 is 0 Å². The molecule has 2 aromatic rings. The molecular weight excluding hydrogens is 338 g/mol. The molecule has 0 saturated carbocycles. The van der Waals surface area contributed by atoms with Crippen molar-refractivity contribution in [2.24, 2.45) is 0 Å². The number of benzene rings is 2. The largest absolute Gasteiger partial charge is 0.497 e. The maximum absolute atomic E-state index is 12.2. The van der Waals surface area contributed by atoms with Crippen LogP contribution in [-0.4, -0.2) is 43.6 Å². The Hall–Kier alpha value is -3.35. The first-order valence-corrected chi connectivity index (χ1v) is 7.87. The molecule has 3 rings (SSSR count). The quantitative estimate of drug-likeness (QED) is 0.583. The van der Waals surface area contributed by atoms with Crippen molar-refractivity contribution in [3.8, 4) is 11.5 Å². The third-order valence-electron chi connectivity index (χ3n) is 4.06. The number of imide groups is 1. The molecule has 0 fully saturated rings. The molecule has 1 aliphatic heterocycles. The summed E-state index contributed by atoms with van der Waals surface area (Å²) >= 11 is 0. The van der Waals surface area contributed by atoms with Crippen LogP contribution in [-0.2, 0) is 16.0 Å². The molecule has 7 nitrogen and oxygen atoms in total. The van der Waals surface area contributed by atoms with Crippen molar-refractivity contribution in [1.29, 1.82) is 0 Å². The Morgan fingerprint density at radius 3 is 2.19 bits per heavy atom. The lowest BCUT2D eigenvalue weighted by molar-refractivity contribution is -0.145. The molecule has 0 bridgehead atoms. The lowest BCUT2D eigenvalue weighted by atomic mass is 10.1. The summed E-state index contributed by atoms with van der Waals surface area (Å²) in [5, 5.41) is 0. The van der Waals surface area contributed by atoms with Gasteiger partial charge in [0.15, 0.2) is 6.73 Å². The number of esters is 1. The fraction of sp³-hybridized carbons (Fsp3) is 0.211. The van der Waals surface area contributed by atoms with Crippen molar-refractivity contribution < 1.29 is 28.6 Å². The lowest BCUT2D eigenvalue weighted by Crippen LogP contribution is -2.33. The molecule has 2 amide bonds. The van der Waals surface area contributed by atoms with Crippen molar-refractivity contribution >= 4 is 17.8 Å². The Kier molecular flexibility index (Phi) is 4.88. The van der Waals surface area contributed by atoms with E-state index in [4.69, 9.17) is 14.2 Å². The fourth-order valence-corrected chi connectivity index (χ4v) is 2.70. The molecule has 0 N–H and O–H groups in total. The summed E-state index contributed by atoms with van der Waals surface area (Å²) in [5.41, 5.74) is 1.23. The van der Waals surface area contributed by atoms with Gasteiger partial charge in [0.1, 0.15) is 11.5 Å². The maximum Gasteiger partial charge on any atom is 0.312 e. The van der Waals surface area contributed by atoms with Crippen molar-refractivity contribution in [2.45, 2.75) is 6.42 Å². The zero-order valence-electron chi connectivity index (χ0n) is 14.4. The Morgan fingerprint density at radius 2 is 1.62 bits per heavy atom. The lowest BCUT2D eigenvalue weighted by Gasteiger charge is -2.14. The molecule has 134 valence electrons. The van der Waals surface area contributed by atoms with Crippen LogP contribution < -0.4 is 9.47 Å². The van der Waals surface area contributed by atoms with E-state index in [1.165, 1.54) is 14.2 Å². The number of ether oxygens (including phenoxy) is 3. The van der Waals surface area contributed by atoms with Gasteiger partial charge in [-0.15, -0.1) is 0 Å². The van der Waals surface area contributed by atoms with Gasteiger partial charge in [-0.3, -0.25) is 14.4 Å². The van der Waals surface area contributed by atoms with E-state index in [0.717, 1.165) is 4.90 Å². The van der Waals surface area contributed by atoms with E-state index >= 15 is 0 Å². The number of carbonyl (C=O) groups excluding carboxylic acids is 3. The monoisotopic (exact) mass is 355 g/mol. The van der Waals surface area contributed by atoms with Gasteiger partial charge in [-0.25, -0.2) is 4.90 Å². The number of methoxy groups -OCH3 is 2. The average Bonchev–Trinajstić information content (AvgIpc) is 2.91. The minimum absolute atomic E-state index is 0.0592. The minimum Gasteiger partial charge on any atom is -0.497 e. The highest BCUT2D eigenvalue weighted by Gasteiger charge is 2.35. The van der Waals surface area contributed by atoms with E-state index < -0.39 is 24.5 Å². The van der Waals surface area contributed by atoms with Crippen LogP contribution in [0.5, 0.6) is 11.5 Å². The van der Waals surface area contributed by atoms with Gasteiger partial charge in [0, 0.05) is 11.6 Å². The number of hydrogen-bond acceptors (Lipinski definition) is 6. The molecule has 2 aromatic carbocycles. The molecule has 26 heavy (non-hydrogen) atoms. The van der Waals surface area contributed by atoms with E-state index in [0.29, 0.717) is 28.2 Å². The second kappa shape index (κ2) is 7.26. The number of amides is 2. The van der Waals surface area contributed by atoms with Crippen LogP contribution in [0.25, 0.3) is 0 Å². The number of fused-ring (bicyclic) bond motifs is 1. The number of nitrogens with zero attached hydrogens (tertiary/aromatic N) is 1. The summed E-state index contributed by atoms with van der Waals surface area (Å²) in [7, 11) is 3.02. The van der Waals surface area contributed by atoms with Gasteiger partial charge >= 0.3 is 5.97 Å². The van der Waals surface area contributed by atoms with Crippen LogP contribution in [0.3, 0.4) is 0 Å². The third-order valence-corrected chi connectivity index (χ3v) is 4.06. The van der Waals surface area contributed by atoms with E-state index in [2.05, 4.69) is 0 Å². The predicted octanol–water partition coefficient (Wildman–Crippen LogP) is 2.04. The highest BCUT2D eigenvalue weighted by atomic mass is 16.5. The molecule has 1 heterocycles. The first-order valence-electron chi connectivity index (χ1n) is 7.87. The van der Waals surface area contributed by atoms with E-state index in [1.54, 1.807) is 42.5 Å². The summed E-state index contributed by atoms with van der Waals surface area (Å²) in [6, 6.07) is 11.5. The Balaban J connectivity index is 1.64. The van der Waals surface area contributed by atoms with E-state index in [-0.39, 0.29) is 6.42 Å². The van der Waals surface area contributed by atoms with Crippen LogP contribution in [0.1, 0.15) is 26.3 Å². The topological polar surface area (TPSA) is 82.1 Å². The van der Waals surface area contributed by atoms with Crippen LogP contribution in [0.2, 0.25) is 0 Å². The standard InChI is InChI=1S/C19H17NO6/c1-24-13-8-7-12(16(10-13)25-2)9-17(21)26-11-20-18(22)14-5-3-4-6-15(14)19(20)23/h3-8,10H,9,11H2,1-2H3. The highest BCUT2D eigenvalue weighted by molar-refractivity contribution is 6.21. The molecule has 7 heteroatoms. The van der Waals surface area contributed by atoms with Crippen molar-refractivity contribution in [2.75, 3.05) is 21.0 Å². The van der Waals surface area contributed by atoms with Gasteiger partial charge in [-0.2, -0.15) is 0 Å². The molecule has 0 unspecified atom stereocenters. The maximum atomic E-state index is 12.2. The van der Waals surface area contributed by atoms with Gasteiger partial charge in [-0.1, -0.05) is 18.2 Å². The molecule has 0 saturated heterocycles. The second-order valence-electron chi connectivity index (χ2n) is 5.58. The summed E-state index contributed by atoms with van der Waals surface area (Å²) in [6.07, 6.45) is -0.0592. The number of carbonyl (C=O) groups is 3. The summed E-state index contributed by atoms with van der Waals surface area (Å²) < 4.78 is 15.5. The van der Waals surface area contributed by atoms with Crippen molar-refractivity contribution in [3.63, 3.8) is 0 Å². The summed E-state index contributed by atoms with van der Waals surface area (Å²) in [6.45, 7) is -0.427. The molecule has 0 atom stereocenters. The van der Waals surface area contributed by atoms with Crippen molar-refractivity contribution in [1.82, 2.24) is 4.90 Å². The summed E-state index contributed by atoms with van der Waals surface area (Å²) in [4.78, 5) is 37.5. The smallest absolute Gasteiger partial charge is 0.312 e. The van der Waals surface area contributed by atoms with Crippen LogP contribution in [0, 0.1) is 0 Å². The van der Waals surface area contributed by atoms with Crippen molar-refractivity contribution in [3.05, 3.63) is 59.2 Å². The predicted molar refractivity (Wildman–Crippen MR) is 91.2 cm³/mol. The van der Waals surface area contributed by atoms with Crippen LogP contribution in [0.15, 0.2) is 42.5 Å². The second-order valence-corrected chi connectivity index (χ2v) is 5.58. The Labute approximate surface area is 150 Å². The van der Waals surface area contributed by atoms with Gasteiger partial charge < -0.3 is 14.2 Å². The van der Waals surface area contributed by atoms with Gasteiger partial charge in [-0.05, 0) is 18.2 Å². The molecule has 0 aromatic heterocycles. The van der Waals surface area contributed by atoms with Gasteiger partial charge in [0.05, 0.1) is 31.8 Å². The molecular formula is C19H17NO6. The highest BCUT2D eigenvalue weighted by Crippen LogP contribution is 2.25.